The summed E-state index contributed by atoms with van der Waals surface area (Å²) in [5.41, 5.74) is 7.93. The normalized spacial score (nSPS) is 19.3. The number of nitriles is 1. The highest BCUT2D eigenvalue weighted by Crippen LogP contribution is 2.49. The second-order valence-corrected chi connectivity index (χ2v) is 9.91. The van der Waals surface area contributed by atoms with E-state index < -0.39 is 17.7 Å². The Morgan fingerprint density at radius 1 is 1.31 bits per heavy atom. The maximum atomic E-state index is 13.4. The molecule has 0 bridgehead atoms. The molecule has 0 spiro atoms. The molecular weight excluding hydrogens is 455 g/mol. The van der Waals surface area contributed by atoms with Crippen LogP contribution in [0.5, 0.6) is 0 Å². The Kier molecular flexibility index (Phi) is 6.10. The van der Waals surface area contributed by atoms with Crippen molar-refractivity contribution >= 4 is 34.6 Å². The van der Waals surface area contributed by atoms with Gasteiger partial charge in [-0.15, -0.1) is 23.1 Å². The van der Waals surface area contributed by atoms with Gasteiger partial charge in [0.25, 0.3) is 0 Å². The highest BCUT2D eigenvalue weighted by molar-refractivity contribution is 8.01. The number of anilines is 1. The van der Waals surface area contributed by atoms with E-state index in [1.54, 1.807) is 23.1 Å². The molecule has 2 aromatic rings. The van der Waals surface area contributed by atoms with Crippen molar-refractivity contribution < 1.29 is 18.0 Å². The van der Waals surface area contributed by atoms with Crippen molar-refractivity contribution in [2.45, 2.75) is 42.5 Å². The molecule has 166 valence electrons. The van der Waals surface area contributed by atoms with Crippen LogP contribution in [0.4, 0.5) is 18.9 Å². The minimum absolute atomic E-state index is 0.0731. The number of alkyl halides is 3. The average molecular weight is 476 g/mol. The Morgan fingerprint density at radius 2 is 2.09 bits per heavy atom. The number of rotatable bonds is 4. The Hall–Kier alpha value is -2.70. The van der Waals surface area contributed by atoms with E-state index in [9.17, 15) is 23.2 Å². The summed E-state index contributed by atoms with van der Waals surface area (Å²) in [5.74, 6) is 0.207. The number of nitrogens with zero attached hydrogens (tertiary/aromatic N) is 2. The third kappa shape index (κ3) is 3.82. The van der Waals surface area contributed by atoms with Crippen molar-refractivity contribution in [3.63, 3.8) is 0 Å². The van der Waals surface area contributed by atoms with E-state index in [-0.39, 0.29) is 22.9 Å². The van der Waals surface area contributed by atoms with Crippen LogP contribution in [0.2, 0.25) is 0 Å². The van der Waals surface area contributed by atoms with Gasteiger partial charge in [0.2, 0.25) is 0 Å². The summed E-state index contributed by atoms with van der Waals surface area (Å²) in [7, 11) is 0. The molecule has 9 heteroatoms. The summed E-state index contributed by atoms with van der Waals surface area (Å²) in [4.78, 5) is 14.6. The summed E-state index contributed by atoms with van der Waals surface area (Å²) in [6.45, 7) is 2.02. The van der Waals surface area contributed by atoms with Crippen LogP contribution in [0.25, 0.3) is 0 Å². The molecule has 2 heterocycles. The van der Waals surface area contributed by atoms with E-state index in [1.807, 2.05) is 18.4 Å². The van der Waals surface area contributed by atoms with Gasteiger partial charge in [0.15, 0.2) is 5.78 Å². The van der Waals surface area contributed by atoms with Crippen LogP contribution in [0.3, 0.4) is 0 Å². The predicted octanol–water partition coefficient (Wildman–Crippen LogP) is 6.18. The number of halogens is 3. The summed E-state index contributed by atoms with van der Waals surface area (Å²) in [5, 5.41) is 12.0. The fourth-order valence-corrected chi connectivity index (χ4v) is 6.35. The average Bonchev–Trinajstić information content (AvgIpc) is 3.21. The van der Waals surface area contributed by atoms with E-state index in [1.165, 1.54) is 17.0 Å². The molecule has 1 atom stereocenters. The zero-order chi connectivity index (χ0) is 23.0. The molecule has 4 nitrogen and oxygen atoms in total. The van der Waals surface area contributed by atoms with Gasteiger partial charge in [0, 0.05) is 23.4 Å². The lowest BCUT2D eigenvalue weighted by atomic mass is 9.76. The van der Waals surface area contributed by atoms with Gasteiger partial charge >= 0.3 is 6.18 Å². The number of hydrogen-bond donors (Lipinski definition) is 1. The van der Waals surface area contributed by atoms with Gasteiger partial charge in [-0.2, -0.15) is 18.4 Å². The van der Waals surface area contributed by atoms with E-state index in [4.69, 9.17) is 5.73 Å². The fraction of sp³-hybridized carbons (Fsp3) is 0.304. The second-order valence-electron chi connectivity index (χ2n) is 7.46. The molecule has 1 aliphatic heterocycles. The first-order valence-corrected chi connectivity index (χ1v) is 12.0. The molecule has 0 unspecified atom stereocenters. The van der Waals surface area contributed by atoms with Crippen LogP contribution in [-0.4, -0.2) is 11.5 Å². The number of nitrogens with two attached hydrogens (primary N) is 1. The van der Waals surface area contributed by atoms with E-state index >= 15 is 0 Å². The fourth-order valence-electron chi connectivity index (χ4n) is 4.28. The topological polar surface area (TPSA) is 70.1 Å². The van der Waals surface area contributed by atoms with Gasteiger partial charge in [-0.3, -0.25) is 9.69 Å². The third-order valence-corrected chi connectivity index (χ3v) is 7.74. The molecule has 0 saturated heterocycles. The summed E-state index contributed by atoms with van der Waals surface area (Å²) >= 11 is 3.17. The first-order chi connectivity index (χ1) is 15.3. The van der Waals surface area contributed by atoms with Crippen molar-refractivity contribution in [2.24, 2.45) is 5.73 Å². The molecule has 0 saturated carbocycles. The molecule has 1 aromatic carbocycles. The number of hydrogen-bond acceptors (Lipinski definition) is 6. The summed E-state index contributed by atoms with van der Waals surface area (Å²) < 4.78 is 41.1. The molecular formula is C23H20F3N3OS2. The zero-order valence-electron chi connectivity index (χ0n) is 17.2. The zero-order valence-corrected chi connectivity index (χ0v) is 18.8. The van der Waals surface area contributed by atoms with Gasteiger partial charge < -0.3 is 5.73 Å². The maximum Gasteiger partial charge on any atom is 0.416 e. The van der Waals surface area contributed by atoms with Gasteiger partial charge in [0.05, 0.1) is 27.3 Å². The highest BCUT2D eigenvalue weighted by atomic mass is 32.2. The van der Waals surface area contributed by atoms with E-state index in [0.717, 1.165) is 27.7 Å². The van der Waals surface area contributed by atoms with Gasteiger partial charge in [-0.1, -0.05) is 13.0 Å². The number of thiophene rings is 1. The smallest absolute Gasteiger partial charge is 0.384 e. The lowest BCUT2D eigenvalue weighted by molar-refractivity contribution is -0.137. The van der Waals surface area contributed by atoms with E-state index in [0.29, 0.717) is 30.5 Å². The molecule has 0 radical (unpaired) electrons. The van der Waals surface area contributed by atoms with Crippen LogP contribution in [0.15, 0.2) is 62.6 Å². The van der Waals surface area contributed by atoms with Gasteiger partial charge in [-0.25, -0.2) is 0 Å². The van der Waals surface area contributed by atoms with Crippen molar-refractivity contribution in [3.05, 3.63) is 69.5 Å². The maximum absolute atomic E-state index is 13.4. The van der Waals surface area contributed by atoms with Crippen molar-refractivity contribution in [2.75, 3.05) is 10.7 Å². The van der Waals surface area contributed by atoms with Crippen LogP contribution < -0.4 is 10.6 Å². The molecule has 2 N–H and O–H groups in total. The molecule has 0 amide bonds. The van der Waals surface area contributed by atoms with Crippen LogP contribution in [0.1, 0.15) is 43.2 Å². The molecule has 32 heavy (non-hydrogen) atoms. The number of carbonyl (C=O) groups excluding carboxylic acids is 1. The molecule has 2 aliphatic rings. The molecule has 1 aromatic heterocycles. The van der Waals surface area contributed by atoms with Crippen LogP contribution in [0, 0.1) is 11.3 Å². The minimum Gasteiger partial charge on any atom is -0.384 e. The van der Waals surface area contributed by atoms with Gasteiger partial charge in [0.1, 0.15) is 5.82 Å². The van der Waals surface area contributed by atoms with Crippen molar-refractivity contribution in [1.82, 2.24) is 0 Å². The first kappa shape index (κ1) is 22.5. The largest absolute Gasteiger partial charge is 0.416 e. The molecule has 1 aliphatic carbocycles. The first-order valence-electron chi connectivity index (χ1n) is 10.1. The third-order valence-electron chi connectivity index (χ3n) is 5.59. The monoisotopic (exact) mass is 475 g/mol. The number of ketones is 1. The van der Waals surface area contributed by atoms with Crippen LogP contribution in [-0.2, 0) is 11.0 Å². The number of allylic oxidation sites excluding steroid dienone is 3. The Bertz CT molecular complexity index is 1170. The number of thioether (sulfide) groups is 1. The van der Waals surface area contributed by atoms with Gasteiger partial charge in [-0.05, 0) is 53.8 Å². The molecule has 0 fully saturated rings. The van der Waals surface area contributed by atoms with Crippen molar-refractivity contribution in [3.8, 4) is 6.07 Å². The Labute approximate surface area is 192 Å². The minimum atomic E-state index is -4.52. The Balaban J connectivity index is 1.94. The SMILES string of the molecule is CCSc1sccc1[C@@H]1C(C#N)=C(N)N(c2cccc(C(F)(F)F)c2)C2=C1C(=O)CCC2. The van der Waals surface area contributed by atoms with Crippen LogP contribution >= 0.6 is 23.1 Å². The second kappa shape index (κ2) is 8.68. The lowest BCUT2D eigenvalue weighted by Crippen LogP contribution is -2.38. The quantitative estimate of drug-likeness (QED) is 0.535. The summed E-state index contributed by atoms with van der Waals surface area (Å²) in [6.07, 6.45) is -3.11. The van der Waals surface area contributed by atoms with Crippen molar-refractivity contribution in [1.29, 1.82) is 5.26 Å². The Morgan fingerprint density at radius 3 is 2.78 bits per heavy atom. The number of carbonyl (C=O) groups is 1. The number of benzene rings is 1. The number of Topliss-reactive ketones (excluding diaryl/α,β-unsaturated/α-hetero) is 1. The van der Waals surface area contributed by atoms with E-state index in [2.05, 4.69) is 6.07 Å². The lowest BCUT2D eigenvalue weighted by Gasteiger charge is -2.39. The standard InChI is InChI=1S/C23H20F3N3OS2/c1-2-31-22-15(9-10-32-22)19-16(12-27)21(28)29(17-7-4-8-18(30)20(17)19)14-6-3-5-13(11-14)23(24,25)26/h3,5-6,9-11,19H,2,4,7-8,28H2,1H3/t19-/m1/s1. The predicted molar refractivity (Wildman–Crippen MR) is 120 cm³/mol. The highest BCUT2D eigenvalue weighted by Gasteiger charge is 2.41. The summed E-state index contributed by atoms with van der Waals surface area (Å²) in [6, 6.07) is 8.89. The molecule has 4 rings (SSSR count).